The van der Waals surface area contributed by atoms with E-state index in [4.69, 9.17) is 27.9 Å². The van der Waals surface area contributed by atoms with Gasteiger partial charge >= 0.3 is 12.1 Å². The summed E-state index contributed by atoms with van der Waals surface area (Å²) in [5.41, 5.74) is -0.687. The number of carbonyl (C=O) groups is 2. The van der Waals surface area contributed by atoms with E-state index in [9.17, 15) is 23.1 Å². The largest absolute Gasteiger partial charge is 0.504 e. The number of halogens is 2. The number of nitrogens with one attached hydrogen (secondary N) is 2. The van der Waals surface area contributed by atoms with E-state index in [1.807, 2.05) is 0 Å². The fraction of sp³-hybridized carbons (Fsp3) is 0.409. The third-order valence-corrected chi connectivity index (χ3v) is 8.07. The summed E-state index contributed by atoms with van der Waals surface area (Å²) in [4.78, 5) is 29.5. The molecule has 1 aromatic carbocycles. The first-order valence-electron chi connectivity index (χ1n) is 10.7. The second kappa shape index (κ2) is 10.5. The highest BCUT2D eigenvalue weighted by Crippen LogP contribution is 2.40. The van der Waals surface area contributed by atoms with Crippen LogP contribution in [0, 0.1) is 0 Å². The summed E-state index contributed by atoms with van der Waals surface area (Å²) in [6.45, 7) is 5.39. The Balaban J connectivity index is 1.83. The molecule has 35 heavy (non-hydrogen) atoms. The summed E-state index contributed by atoms with van der Waals surface area (Å²) in [6.07, 6.45) is 1.51. The van der Waals surface area contributed by atoms with Gasteiger partial charge in [-0.15, -0.1) is 0 Å². The quantitative estimate of drug-likeness (QED) is 0.367. The molecule has 0 unspecified atom stereocenters. The third kappa shape index (κ3) is 6.47. The number of sulfone groups is 1. The Labute approximate surface area is 213 Å². The summed E-state index contributed by atoms with van der Waals surface area (Å²) in [7, 11) is -4.19. The van der Waals surface area contributed by atoms with Crippen LogP contribution in [-0.4, -0.2) is 59.5 Å². The summed E-state index contributed by atoms with van der Waals surface area (Å²) in [5.74, 6) is -0.709. The maximum Gasteiger partial charge on any atom is 0.410 e. The molecule has 0 aliphatic carbocycles. The van der Waals surface area contributed by atoms with Gasteiger partial charge in [-0.2, -0.15) is 0 Å². The lowest BCUT2D eigenvalue weighted by molar-refractivity contribution is 0.0219. The summed E-state index contributed by atoms with van der Waals surface area (Å²) >= 11 is 12.1. The van der Waals surface area contributed by atoms with Crippen LogP contribution in [0.4, 0.5) is 21.0 Å². The average molecular weight is 545 g/mol. The minimum Gasteiger partial charge on any atom is -0.504 e. The Morgan fingerprint density at radius 1 is 1.17 bits per heavy atom. The maximum absolute atomic E-state index is 13.5. The number of aromatic hydroxyl groups is 1. The molecule has 2 heterocycles. The molecule has 0 spiro atoms. The molecule has 1 aromatic heterocycles. The predicted molar refractivity (Wildman–Crippen MR) is 133 cm³/mol. The van der Waals surface area contributed by atoms with E-state index in [0.29, 0.717) is 13.0 Å². The summed E-state index contributed by atoms with van der Waals surface area (Å²) in [6, 6.07) is 4.84. The molecule has 13 heteroatoms. The minimum absolute atomic E-state index is 0.0538. The number of hydrogen-bond acceptors (Lipinski definition) is 7. The number of rotatable bonds is 4. The van der Waals surface area contributed by atoms with Crippen molar-refractivity contribution in [2.45, 2.75) is 49.4 Å². The minimum atomic E-state index is -4.19. The first-order valence-corrected chi connectivity index (χ1v) is 13.0. The molecule has 0 radical (unpaired) electrons. The topological polar surface area (TPSA) is 138 Å². The average Bonchev–Trinajstić information content (AvgIpc) is 2.76. The number of aromatic nitrogens is 1. The number of urea groups is 1. The number of pyridine rings is 1. The van der Waals surface area contributed by atoms with E-state index in [2.05, 4.69) is 15.6 Å². The molecular formula is C22H26Cl2N4O6S. The van der Waals surface area contributed by atoms with Crippen molar-refractivity contribution in [2.24, 2.45) is 0 Å². The van der Waals surface area contributed by atoms with Gasteiger partial charge in [0.2, 0.25) is 0 Å². The molecule has 3 N–H and O–H groups in total. The van der Waals surface area contributed by atoms with Crippen LogP contribution < -0.4 is 10.6 Å². The van der Waals surface area contributed by atoms with Crippen LogP contribution in [-0.2, 0) is 14.6 Å². The van der Waals surface area contributed by atoms with Crippen LogP contribution in [0.1, 0.15) is 33.6 Å². The van der Waals surface area contributed by atoms with Gasteiger partial charge in [-0.3, -0.25) is 0 Å². The van der Waals surface area contributed by atoms with Gasteiger partial charge < -0.3 is 25.4 Å². The number of anilines is 2. The zero-order chi connectivity index (χ0) is 26.0. The molecule has 3 rings (SSSR count). The first kappa shape index (κ1) is 26.8. The third-order valence-electron chi connectivity index (χ3n) is 5.09. The van der Waals surface area contributed by atoms with Crippen molar-refractivity contribution in [3.63, 3.8) is 0 Å². The lowest BCUT2D eigenvalue weighted by atomic mass is 10.1. The number of benzene rings is 1. The predicted octanol–water partition coefficient (Wildman–Crippen LogP) is 4.91. The molecule has 190 valence electrons. The Morgan fingerprint density at radius 2 is 1.86 bits per heavy atom. The van der Waals surface area contributed by atoms with E-state index in [1.165, 1.54) is 29.3 Å². The normalized spacial score (nSPS) is 16.5. The highest BCUT2D eigenvalue weighted by atomic mass is 35.5. The van der Waals surface area contributed by atoms with Crippen LogP contribution in [0.25, 0.3) is 0 Å². The van der Waals surface area contributed by atoms with E-state index in [1.54, 1.807) is 26.8 Å². The molecule has 1 aliphatic heterocycles. The molecule has 1 aliphatic rings. The molecule has 3 amide bonds. The van der Waals surface area contributed by atoms with Crippen LogP contribution >= 0.6 is 23.2 Å². The highest BCUT2D eigenvalue weighted by molar-refractivity contribution is 7.92. The van der Waals surface area contributed by atoms with E-state index >= 15 is 0 Å². The number of likely N-dealkylation sites (tertiary alicyclic amines) is 1. The fourth-order valence-electron chi connectivity index (χ4n) is 3.52. The van der Waals surface area contributed by atoms with Gasteiger partial charge in [-0.25, -0.2) is 23.0 Å². The van der Waals surface area contributed by atoms with Crippen molar-refractivity contribution in [1.29, 1.82) is 0 Å². The lowest BCUT2D eigenvalue weighted by Crippen LogP contribution is -2.47. The lowest BCUT2D eigenvalue weighted by Gasteiger charge is -2.34. The smallest absolute Gasteiger partial charge is 0.410 e. The van der Waals surface area contributed by atoms with Gasteiger partial charge in [0.05, 0.1) is 21.6 Å². The number of amides is 3. The molecule has 1 fully saturated rings. The molecule has 1 atom stereocenters. The molecular weight excluding hydrogens is 519 g/mol. The van der Waals surface area contributed by atoms with Crippen molar-refractivity contribution in [3.05, 3.63) is 40.6 Å². The molecule has 0 saturated carbocycles. The Bertz CT molecular complexity index is 1230. The van der Waals surface area contributed by atoms with E-state index in [0.717, 1.165) is 0 Å². The number of carbonyl (C=O) groups excluding carboxylic acids is 2. The zero-order valence-corrected chi connectivity index (χ0v) is 21.7. The van der Waals surface area contributed by atoms with E-state index in [-0.39, 0.29) is 34.5 Å². The molecule has 2 aromatic rings. The maximum atomic E-state index is 13.5. The molecule has 0 bridgehead atoms. The number of piperidine rings is 1. The van der Waals surface area contributed by atoms with Gasteiger partial charge in [-0.05, 0) is 57.9 Å². The SMILES string of the molecule is CC(C)(C)OC(=O)N1CCC[C@H](S(=O)(=O)c2c(Cl)ccc(NC(=O)Nc3cccnc3Cl)c2O)C1. The van der Waals surface area contributed by atoms with Crippen LogP contribution in [0.3, 0.4) is 0 Å². The number of hydrogen-bond donors (Lipinski definition) is 3. The van der Waals surface area contributed by atoms with Crippen molar-refractivity contribution in [2.75, 3.05) is 23.7 Å². The number of ether oxygens (including phenoxy) is 1. The second-order valence-electron chi connectivity index (χ2n) is 8.93. The Morgan fingerprint density at radius 3 is 2.51 bits per heavy atom. The zero-order valence-electron chi connectivity index (χ0n) is 19.3. The van der Waals surface area contributed by atoms with Crippen molar-refractivity contribution in [3.8, 4) is 5.75 Å². The van der Waals surface area contributed by atoms with Crippen LogP contribution in [0.2, 0.25) is 10.2 Å². The van der Waals surface area contributed by atoms with Crippen LogP contribution in [0.5, 0.6) is 5.75 Å². The number of nitrogens with zero attached hydrogens (tertiary/aromatic N) is 2. The van der Waals surface area contributed by atoms with Crippen molar-refractivity contribution in [1.82, 2.24) is 9.88 Å². The fourth-order valence-corrected chi connectivity index (χ4v) is 6.07. The second-order valence-corrected chi connectivity index (χ2v) is 11.9. The van der Waals surface area contributed by atoms with Gasteiger partial charge in [0, 0.05) is 19.3 Å². The molecule has 10 nitrogen and oxygen atoms in total. The number of phenolic OH excluding ortho intramolecular Hbond substituents is 1. The van der Waals surface area contributed by atoms with Gasteiger partial charge in [-0.1, -0.05) is 23.2 Å². The standard InChI is InChI=1S/C22H26Cl2N4O6S/c1-22(2,3)34-21(31)28-11-5-6-13(12-28)35(32,33)18-14(23)8-9-15(17(18)29)26-20(30)27-16-7-4-10-25-19(16)24/h4,7-10,13,29H,5-6,11-12H2,1-3H3,(H2,26,27,30)/t13-/m0/s1. The van der Waals surface area contributed by atoms with Gasteiger partial charge in [0.25, 0.3) is 0 Å². The van der Waals surface area contributed by atoms with Crippen LogP contribution in [0.15, 0.2) is 35.4 Å². The van der Waals surface area contributed by atoms with Crippen molar-refractivity contribution < 1.29 is 27.9 Å². The molecule has 1 saturated heterocycles. The monoisotopic (exact) mass is 544 g/mol. The summed E-state index contributed by atoms with van der Waals surface area (Å²) < 4.78 is 32.3. The van der Waals surface area contributed by atoms with Gasteiger partial charge in [0.15, 0.2) is 20.7 Å². The van der Waals surface area contributed by atoms with E-state index < -0.39 is 43.5 Å². The Kier molecular flexibility index (Phi) is 8.03. The highest BCUT2D eigenvalue weighted by Gasteiger charge is 2.38. The van der Waals surface area contributed by atoms with Gasteiger partial charge in [0.1, 0.15) is 10.5 Å². The summed E-state index contributed by atoms with van der Waals surface area (Å²) in [5, 5.41) is 14.5. The number of phenols is 1. The Hall–Kier alpha value is -2.76. The first-order chi connectivity index (χ1) is 16.3. The van der Waals surface area contributed by atoms with Crippen molar-refractivity contribution >= 4 is 56.5 Å².